The summed E-state index contributed by atoms with van der Waals surface area (Å²) in [5, 5.41) is 3.76. The number of carbonyl (C=O) groups excluding carboxylic acids is 2. The van der Waals surface area contributed by atoms with E-state index in [-0.39, 0.29) is 21.4 Å². The number of benzene rings is 3. The first-order valence-corrected chi connectivity index (χ1v) is 15.4. The second-order valence-corrected chi connectivity index (χ2v) is 13.2. The lowest BCUT2D eigenvalue weighted by Crippen LogP contribution is -2.38. The first-order chi connectivity index (χ1) is 19.5. The van der Waals surface area contributed by atoms with Crippen LogP contribution in [0.25, 0.3) is 10.9 Å². The van der Waals surface area contributed by atoms with Crippen LogP contribution in [0.1, 0.15) is 50.4 Å². The summed E-state index contributed by atoms with van der Waals surface area (Å²) >= 11 is 6.24. The number of nitrogens with one attached hydrogen (secondary N) is 2. The van der Waals surface area contributed by atoms with E-state index < -0.39 is 21.7 Å². The Labute approximate surface area is 244 Å². The number of aryl methyl sites for hydroxylation is 2. The van der Waals surface area contributed by atoms with Gasteiger partial charge in [-0.15, -0.1) is 0 Å². The molecule has 0 spiro atoms. The number of nitrogens with zero attached hydrogens (tertiary/aromatic N) is 1. The van der Waals surface area contributed by atoms with E-state index in [1.54, 1.807) is 42.5 Å². The highest BCUT2D eigenvalue weighted by Gasteiger charge is 2.30. The predicted octanol–water partition coefficient (Wildman–Crippen LogP) is 5.01. The molecule has 41 heavy (non-hydrogen) atoms. The van der Waals surface area contributed by atoms with Crippen LogP contribution in [0, 0.1) is 19.8 Å². The van der Waals surface area contributed by atoms with E-state index in [9.17, 15) is 18.0 Å². The Kier molecular flexibility index (Phi) is 8.22. The van der Waals surface area contributed by atoms with Gasteiger partial charge >= 0.3 is 0 Å². The molecule has 3 aromatic carbocycles. The Morgan fingerprint density at radius 2 is 1.66 bits per heavy atom. The summed E-state index contributed by atoms with van der Waals surface area (Å²) < 4.78 is 27.8. The van der Waals surface area contributed by atoms with Gasteiger partial charge in [-0.05, 0) is 105 Å². The van der Waals surface area contributed by atoms with Gasteiger partial charge in [0, 0.05) is 34.6 Å². The molecular formula is C31H33ClN4O4S. The first-order valence-electron chi connectivity index (χ1n) is 13.5. The molecule has 214 valence electrons. The van der Waals surface area contributed by atoms with Gasteiger partial charge in [0.05, 0.1) is 4.90 Å². The molecule has 0 saturated carbocycles. The zero-order valence-electron chi connectivity index (χ0n) is 23.0. The highest BCUT2D eigenvalue weighted by atomic mass is 35.5. The largest absolute Gasteiger partial charge is 0.366 e. The van der Waals surface area contributed by atoms with Crippen molar-refractivity contribution in [1.29, 1.82) is 0 Å². The first kappa shape index (κ1) is 28.9. The lowest BCUT2D eigenvalue weighted by Gasteiger charge is -2.32. The van der Waals surface area contributed by atoms with Crippen molar-refractivity contribution in [3.05, 3.63) is 93.6 Å². The molecule has 1 aromatic heterocycles. The number of fused-ring (bicyclic) bond motifs is 1. The van der Waals surface area contributed by atoms with Crippen LogP contribution in [-0.4, -0.2) is 49.8 Å². The van der Waals surface area contributed by atoms with Crippen molar-refractivity contribution in [2.75, 3.05) is 19.6 Å². The number of likely N-dealkylation sites (tertiary alicyclic amines) is 1. The van der Waals surface area contributed by atoms with Gasteiger partial charge in [0.1, 0.15) is 10.6 Å². The van der Waals surface area contributed by atoms with Gasteiger partial charge in [0.15, 0.2) is 0 Å². The van der Waals surface area contributed by atoms with E-state index >= 15 is 0 Å². The van der Waals surface area contributed by atoms with Crippen LogP contribution in [0.3, 0.4) is 0 Å². The minimum absolute atomic E-state index is 0.0123. The van der Waals surface area contributed by atoms with Crippen molar-refractivity contribution in [2.45, 2.75) is 43.0 Å². The standard InChI is InChI=1S/C31H33ClN4O4S/c1-19-13-20(2)15-25(14-19)41(39,40)29-26-16-24(32)7-8-27(26)35-28(29)31(38)34-17-21-9-11-36(12-10-21)18-22-3-5-23(6-4-22)30(33)37/h3-8,13-16,21,35H,9-12,17-18H2,1-2H3,(H2,33,37)(H,34,38). The number of piperidine rings is 1. The fourth-order valence-corrected chi connectivity index (χ4v) is 7.45. The Morgan fingerprint density at radius 1 is 1.00 bits per heavy atom. The molecular weight excluding hydrogens is 560 g/mol. The zero-order chi connectivity index (χ0) is 29.3. The van der Waals surface area contributed by atoms with Crippen LogP contribution < -0.4 is 11.1 Å². The Morgan fingerprint density at radius 3 is 2.29 bits per heavy atom. The Bertz CT molecular complexity index is 1700. The van der Waals surface area contributed by atoms with E-state index in [0.717, 1.165) is 49.2 Å². The number of sulfone groups is 1. The minimum Gasteiger partial charge on any atom is -0.366 e. The third-order valence-electron chi connectivity index (χ3n) is 7.62. The summed E-state index contributed by atoms with van der Waals surface area (Å²) in [5.41, 5.74) is 9.11. The van der Waals surface area contributed by atoms with E-state index in [1.165, 1.54) is 0 Å². The minimum atomic E-state index is -4.03. The summed E-state index contributed by atoms with van der Waals surface area (Å²) in [4.78, 5) is 30.2. The van der Waals surface area contributed by atoms with Crippen molar-refractivity contribution in [3.8, 4) is 0 Å². The molecule has 2 heterocycles. The lowest BCUT2D eigenvalue weighted by molar-refractivity contribution is 0.0927. The second kappa shape index (κ2) is 11.7. The molecule has 4 aromatic rings. The molecule has 8 nitrogen and oxygen atoms in total. The zero-order valence-corrected chi connectivity index (χ0v) is 24.6. The monoisotopic (exact) mass is 592 g/mol. The molecule has 0 aliphatic carbocycles. The number of nitrogens with two attached hydrogens (primary N) is 1. The number of primary amides is 1. The molecule has 1 fully saturated rings. The van der Waals surface area contributed by atoms with Crippen LogP contribution in [0.2, 0.25) is 5.02 Å². The van der Waals surface area contributed by atoms with Crippen LogP contribution in [-0.2, 0) is 16.4 Å². The maximum absolute atomic E-state index is 13.9. The molecule has 2 amide bonds. The maximum atomic E-state index is 13.9. The van der Waals surface area contributed by atoms with Crippen molar-refractivity contribution in [1.82, 2.24) is 15.2 Å². The SMILES string of the molecule is Cc1cc(C)cc(S(=O)(=O)c2c(C(=O)NCC3CCN(Cc4ccc(C(N)=O)cc4)CC3)[nH]c3ccc(Cl)cc23)c1. The van der Waals surface area contributed by atoms with Gasteiger partial charge in [-0.2, -0.15) is 0 Å². The van der Waals surface area contributed by atoms with Gasteiger partial charge in [0.2, 0.25) is 15.7 Å². The van der Waals surface area contributed by atoms with Crippen LogP contribution >= 0.6 is 11.6 Å². The van der Waals surface area contributed by atoms with E-state index in [0.29, 0.717) is 28.0 Å². The molecule has 0 unspecified atom stereocenters. The molecule has 0 radical (unpaired) electrons. The molecule has 0 atom stereocenters. The predicted molar refractivity (Wildman–Crippen MR) is 160 cm³/mol. The average Bonchev–Trinajstić information content (AvgIpc) is 3.32. The van der Waals surface area contributed by atoms with Gasteiger partial charge in [-0.1, -0.05) is 29.8 Å². The number of hydrogen-bond acceptors (Lipinski definition) is 5. The molecule has 1 saturated heterocycles. The number of rotatable bonds is 8. The van der Waals surface area contributed by atoms with Crippen molar-refractivity contribution in [3.63, 3.8) is 0 Å². The number of hydrogen-bond donors (Lipinski definition) is 3. The summed E-state index contributed by atoms with van der Waals surface area (Å²) in [7, 11) is -4.03. The topological polar surface area (TPSA) is 125 Å². The summed E-state index contributed by atoms with van der Waals surface area (Å²) in [5.74, 6) is -0.631. The quantitative estimate of drug-likeness (QED) is 0.265. The molecule has 5 rings (SSSR count). The summed E-state index contributed by atoms with van der Waals surface area (Å²) in [6, 6.07) is 17.4. The van der Waals surface area contributed by atoms with E-state index in [2.05, 4.69) is 15.2 Å². The Balaban J connectivity index is 1.29. The van der Waals surface area contributed by atoms with Crippen LogP contribution in [0.5, 0.6) is 0 Å². The number of aromatic nitrogens is 1. The fourth-order valence-electron chi connectivity index (χ4n) is 5.49. The van der Waals surface area contributed by atoms with Gasteiger partial charge in [-0.3, -0.25) is 14.5 Å². The lowest BCUT2D eigenvalue weighted by atomic mass is 9.96. The molecule has 0 bridgehead atoms. The molecule has 1 aliphatic heterocycles. The number of halogens is 1. The van der Waals surface area contributed by atoms with Crippen molar-refractivity contribution in [2.24, 2.45) is 11.7 Å². The third kappa shape index (κ3) is 6.32. The summed E-state index contributed by atoms with van der Waals surface area (Å²) in [6.07, 6.45) is 1.80. The second-order valence-electron chi connectivity index (χ2n) is 10.8. The molecule has 4 N–H and O–H groups in total. The number of H-pyrrole nitrogens is 1. The average molecular weight is 593 g/mol. The number of carbonyl (C=O) groups is 2. The van der Waals surface area contributed by atoms with Gasteiger partial charge < -0.3 is 16.0 Å². The number of aromatic amines is 1. The third-order valence-corrected chi connectivity index (χ3v) is 9.67. The van der Waals surface area contributed by atoms with Crippen LogP contribution in [0.4, 0.5) is 0 Å². The summed E-state index contributed by atoms with van der Waals surface area (Å²) in [6.45, 7) is 6.65. The normalized spacial score (nSPS) is 14.8. The van der Waals surface area contributed by atoms with Gasteiger partial charge in [-0.25, -0.2) is 8.42 Å². The maximum Gasteiger partial charge on any atom is 0.269 e. The fraction of sp³-hybridized carbons (Fsp3) is 0.290. The Hall–Kier alpha value is -3.66. The smallest absolute Gasteiger partial charge is 0.269 e. The highest BCUT2D eigenvalue weighted by molar-refractivity contribution is 7.91. The van der Waals surface area contributed by atoms with E-state index in [4.69, 9.17) is 17.3 Å². The molecule has 10 heteroatoms. The van der Waals surface area contributed by atoms with Crippen molar-refractivity contribution >= 4 is 44.2 Å². The van der Waals surface area contributed by atoms with E-state index in [1.807, 2.05) is 32.0 Å². The van der Waals surface area contributed by atoms with Crippen LogP contribution in [0.15, 0.2) is 70.5 Å². The number of amides is 2. The molecule has 1 aliphatic rings. The van der Waals surface area contributed by atoms with Gasteiger partial charge in [0.25, 0.3) is 5.91 Å². The van der Waals surface area contributed by atoms with Crippen molar-refractivity contribution < 1.29 is 18.0 Å². The highest BCUT2D eigenvalue weighted by Crippen LogP contribution is 2.34.